The SMILES string of the molecule is Cc1nc(-c2cccc(NC(=O)CSc3nc4sccc4c(=O)n3C)c2)cs1. The van der Waals surface area contributed by atoms with Crippen LogP contribution in [0.25, 0.3) is 21.5 Å². The van der Waals surface area contributed by atoms with E-state index in [-0.39, 0.29) is 17.2 Å². The van der Waals surface area contributed by atoms with E-state index in [4.69, 9.17) is 0 Å². The lowest BCUT2D eigenvalue weighted by molar-refractivity contribution is -0.113. The number of nitrogens with one attached hydrogen (secondary N) is 1. The number of benzene rings is 1. The molecular formula is C19H16N4O2S3. The summed E-state index contributed by atoms with van der Waals surface area (Å²) in [5.74, 6) is 0.00846. The van der Waals surface area contributed by atoms with Crippen LogP contribution in [0.15, 0.2) is 51.0 Å². The molecule has 0 radical (unpaired) electrons. The van der Waals surface area contributed by atoms with Crippen molar-refractivity contribution in [2.45, 2.75) is 12.1 Å². The molecule has 3 heterocycles. The van der Waals surface area contributed by atoms with Crippen molar-refractivity contribution in [1.29, 1.82) is 0 Å². The Balaban J connectivity index is 1.45. The topological polar surface area (TPSA) is 76.9 Å². The molecule has 3 aromatic heterocycles. The summed E-state index contributed by atoms with van der Waals surface area (Å²) >= 11 is 4.26. The van der Waals surface area contributed by atoms with E-state index < -0.39 is 0 Å². The molecule has 0 saturated heterocycles. The first-order valence-corrected chi connectivity index (χ1v) is 11.2. The third-order valence-electron chi connectivity index (χ3n) is 4.06. The van der Waals surface area contributed by atoms with Crippen LogP contribution in [0.2, 0.25) is 0 Å². The highest BCUT2D eigenvalue weighted by Gasteiger charge is 2.12. The second-order valence-corrected chi connectivity index (χ2v) is 8.97. The van der Waals surface area contributed by atoms with Crippen molar-refractivity contribution in [3.63, 3.8) is 0 Å². The lowest BCUT2D eigenvalue weighted by Crippen LogP contribution is -2.20. The average molecular weight is 429 g/mol. The predicted molar refractivity (Wildman–Crippen MR) is 117 cm³/mol. The maximum atomic E-state index is 12.4. The maximum Gasteiger partial charge on any atom is 0.262 e. The third-order valence-corrected chi connectivity index (χ3v) is 6.67. The van der Waals surface area contributed by atoms with Crippen LogP contribution in [-0.4, -0.2) is 26.2 Å². The summed E-state index contributed by atoms with van der Waals surface area (Å²) in [5, 5.41) is 8.88. The minimum Gasteiger partial charge on any atom is -0.325 e. The first-order chi connectivity index (χ1) is 13.5. The minimum atomic E-state index is -0.155. The summed E-state index contributed by atoms with van der Waals surface area (Å²) in [6.07, 6.45) is 0. The highest BCUT2D eigenvalue weighted by atomic mass is 32.2. The number of fused-ring (bicyclic) bond motifs is 1. The van der Waals surface area contributed by atoms with E-state index in [1.807, 2.05) is 41.9 Å². The summed E-state index contributed by atoms with van der Waals surface area (Å²) in [6.45, 7) is 1.96. The second-order valence-electron chi connectivity index (χ2n) is 6.07. The molecule has 0 aliphatic carbocycles. The maximum absolute atomic E-state index is 12.4. The number of hydrogen-bond acceptors (Lipinski definition) is 7. The van der Waals surface area contributed by atoms with Crippen LogP contribution >= 0.6 is 34.4 Å². The van der Waals surface area contributed by atoms with Crippen LogP contribution in [0, 0.1) is 6.92 Å². The number of aromatic nitrogens is 3. The van der Waals surface area contributed by atoms with Crippen LogP contribution in [0.1, 0.15) is 5.01 Å². The summed E-state index contributed by atoms with van der Waals surface area (Å²) in [5.41, 5.74) is 2.48. The second kappa shape index (κ2) is 7.86. The molecule has 4 rings (SSSR count). The smallest absolute Gasteiger partial charge is 0.262 e. The summed E-state index contributed by atoms with van der Waals surface area (Å²) in [4.78, 5) is 34.4. The molecule has 28 heavy (non-hydrogen) atoms. The van der Waals surface area contributed by atoms with Gasteiger partial charge in [0.05, 0.1) is 21.8 Å². The van der Waals surface area contributed by atoms with Crippen molar-refractivity contribution in [3.8, 4) is 11.3 Å². The predicted octanol–water partition coefficient (Wildman–Crippen LogP) is 4.16. The molecule has 0 atom stereocenters. The van der Waals surface area contributed by atoms with Gasteiger partial charge in [0.1, 0.15) is 4.83 Å². The number of thiophene rings is 1. The van der Waals surface area contributed by atoms with E-state index in [0.717, 1.165) is 16.3 Å². The fourth-order valence-electron chi connectivity index (χ4n) is 2.69. The van der Waals surface area contributed by atoms with Gasteiger partial charge in [-0.1, -0.05) is 23.9 Å². The Hall–Kier alpha value is -2.49. The molecule has 9 heteroatoms. The minimum absolute atomic E-state index is 0.0968. The monoisotopic (exact) mass is 428 g/mol. The number of thiazole rings is 1. The number of anilines is 1. The normalized spacial score (nSPS) is 11.1. The number of rotatable bonds is 5. The molecule has 0 saturated carbocycles. The van der Waals surface area contributed by atoms with Gasteiger partial charge in [-0.15, -0.1) is 22.7 Å². The number of carbonyl (C=O) groups is 1. The van der Waals surface area contributed by atoms with E-state index in [9.17, 15) is 9.59 Å². The van der Waals surface area contributed by atoms with E-state index in [1.54, 1.807) is 24.5 Å². The third kappa shape index (κ3) is 3.87. The molecule has 0 spiro atoms. The Kier molecular flexibility index (Phi) is 5.29. The van der Waals surface area contributed by atoms with E-state index in [1.165, 1.54) is 27.7 Å². The number of carbonyl (C=O) groups excluding carboxylic acids is 1. The number of hydrogen-bond donors (Lipinski definition) is 1. The molecule has 6 nitrogen and oxygen atoms in total. The van der Waals surface area contributed by atoms with E-state index >= 15 is 0 Å². The van der Waals surface area contributed by atoms with Crippen molar-refractivity contribution in [3.05, 3.63) is 56.5 Å². The molecular weight excluding hydrogens is 412 g/mol. The van der Waals surface area contributed by atoms with Gasteiger partial charge in [0.15, 0.2) is 5.16 Å². The zero-order valence-corrected chi connectivity index (χ0v) is 17.6. The summed E-state index contributed by atoms with van der Waals surface area (Å²) in [7, 11) is 1.67. The largest absolute Gasteiger partial charge is 0.325 e. The van der Waals surface area contributed by atoms with Crippen molar-refractivity contribution in [2.75, 3.05) is 11.1 Å². The van der Waals surface area contributed by atoms with Gasteiger partial charge in [-0.2, -0.15) is 0 Å². The molecule has 4 aromatic rings. The molecule has 142 valence electrons. The van der Waals surface area contributed by atoms with Gasteiger partial charge in [-0.25, -0.2) is 9.97 Å². The number of nitrogens with zero attached hydrogens (tertiary/aromatic N) is 3. The van der Waals surface area contributed by atoms with Gasteiger partial charge >= 0.3 is 0 Å². The van der Waals surface area contributed by atoms with Crippen molar-refractivity contribution in [1.82, 2.24) is 14.5 Å². The van der Waals surface area contributed by atoms with Gasteiger partial charge in [-0.05, 0) is 30.5 Å². The molecule has 1 N–H and O–H groups in total. The fraction of sp³-hybridized carbons (Fsp3) is 0.158. The number of amides is 1. The van der Waals surface area contributed by atoms with Crippen LogP contribution < -0.4 is 10.9 Å². The summed E-state index contributed by atoms with van der Waals surface area (Å²) in [6, 6.07) is 9.38. The summed E-state index contributed by atoms with van der Waals surface area (Å²) < 4.78 is 1.48. The molecule has 0 aliphatic heterocycles. The molecule has 1 aromatic carbocycles. The van der Waals surface area contributed by atoms with E-state index in [2.05, 4.69) is 15.3 Å². The quantitative estimate of drug-likeness (QED) is 0.382. The van der Waals surface area contributed by atoms with Crippen molar-refractivity contribution < 1.29 is 4.79 Å². The van der Waals surface area contributed by atoms with E-state index in [0.29, 0.717) is 21.1 Å². The van der Waals surface area contributed by atoms with Crippen molar-refractivity contribution in [2.24, 2.45) is 7.05 Å². The molecule has 1 amide bonds. The Morgan fingerprint density at radius 3 is 2.89 bits per heavy atom. The zero-order valence-electron chi connectivity index (χ0n) is 15.1. The Bertz CT molecular complexity index is 1230. The number of aryl methyl sites for hydroxylation is 1. The Morgan fingerprint density at radius 1 is 1.25 bits per heavy atom. The Labute approximate surface area is 173 Å². The van der Waals surface area contributed by atoms with Gasteiger partial charge in [-0.3, -0.25) is 14.2 Å². The molecule has 0 aliphatic rings. The molecule has 0 fully saturated rings. The van der Waals surface area contributed by atoms with Crippen LogP contribution in [-0.2, 0) is 11.8 Å². The zero-order chi connectivity index (χ0) is 19.7. The van der Waals surface area contributed by atoms with Gasteiger partial charge < -0.3 is 5.32 Å². The fourth-order valence-corrected chi connectivity index (χ4v) is 4.89. The van der Waals surface area contributed by atoms with Crippen LogP contribution in [0.4, 0.5) is 5.69 Å². The van der Waals surface area contributed by atoms with Gasteiger partial charge in [0.25, 0.3) is 5.56 Å². The Morgan fingerprint density at radius 2 is 2.11 bits per heavy atom. The average Bonchev–Trinajstić information content (AvgIpc) is 3.33. The molecule has 0 unspecified atom stereocenters. The number of thioether (sulfide) groups is 1. The van der Waals surface area contributed by atoms with Gasteiger partial charge in [0.2, 0.25) is 5.91 Å². The standard InChI is InChI=1S/C19H16N4O2S3/c1-11-20-15(9-27-11)12-4-3-5-13(8-12)21-16(24)10-28-19-22-17-14(6-7-26-17)18(25)23(19)2/h3-9H,10H2,1-2H3,(H,21,24). The molecule has 0 bridgehead atoms. The highest BCUT2D eigenvalue weighted by molar-refractivity contribution is 7.99. The van der Waals surface area contributed by atoms with Crippen LogP contribution in [0.5, 0.6) is 0 Å². The van der Waals surface area contributed by atoms with Crippen LogP contribution in [0.3, 0.4) is 0 Å². The lowest BCUT2D eigenvalue weighted by atomic mass is 10.1. The van der Waals surface area contributed by atoms with Gasteiger partial charge in [0, 0.05) is 23.7 Å². The highest BCUT2D eigenvalue weighted by Crippen LogP contribution is 2.25. The van der Waals surface area contributed by atoms with Crippen molar-refractivity contribution >= 4 is 56.2 Å². The first-order valence-electron chi connectivity index (χ1n) is 8.41. The first kappa shape index (κ1) is 18.9. The lowest BCUT2D eigenvalue weighted by Gasteiger charge is -2.08.